The molecule has 0 amide bonds. The van der Waals surface area contributed by atoms with Crippen LogP contribution in [0, 0.1) is 0 Å². The summed E-state index contributed by atoms with van der Waals surface area (Å²) in [5.74, 6) is 0. The topological polar surface area (TPSA) is 9.23 Å². The Hall–Kier alpha value is 0.673. The molecule has 2 aliphatic rings. The second kappa shape index (κ2) is 14.8. The van der Waals surface area contributed by atoms with Gasteiger partial charge in [-0.2, -0.15) is 0 Å². The minimum absolute atomic E-state index is 0. The molecule has 24 heavy (non-hydrogen) atoms. The van der Waals surface area contributed by atoms with Crippen LogP contribution in [0.1, 0.15) is 65.2 Å². The van der Waals surface area contributed by atoms with E-state index >= 15 is 0 Å². The summed E-state index contributed by atoms with van der Waals surface area (Å²) in [5.41, 5.74) is 6.15. The first-order valence-electron chi connectivity index (χ1n) is 8.41. The summed E-state index contributed by atoms with van der Waals surface area (Å²) in [7, 11) is 0. The van der Waals surface area contributed by atoms with Gasteiger partial charge in [0.15, 0.2) is 0 Å². The van der Waals surface area contributed by atoms with E-state index in [0.29, 0.717) is 0 Å². The van der Waals surface area contributed by atoms with E-state index in [1.54, 1.807) is 11.1 Å². The molecule has 0 aromatic carbocycles. The molecule has 0 unspecified atom stereocenters. The van der Waals surface area contributed by atoms with Crippen LogP contribution in [0.2, 0.25) is 0 Å². The number of hydrogen-bond acceptors (Lipinski definition) is 1. The summed E-state index contributed by atoms with van der Waals surface area (Å²) in [6, 6.07) is 0. The Kier molecular flexibility index (Phi) is 16.6. The van der Waals surface area contributed by atoms with E-state index in [4.69, 9.17) is 2.81 Å². The van der Waals surface area contributed by atoms with Crippen LogP contribution in [0.3, 0.4) is 0 Å². The first-order valence-corrected chi connectivity index (χ1v) is 9.41. The van der Waals surface area contributed by atoms with Gasteiger partial charge in [0.2, 0.25) is 0 Å². The summed E-state index contributed by atoms with van der Waals surface area (Å²) in [5, 5.41) is 0. The monoisotopic (exact) mass is 466 g/mol. The van der Waals surface area contributed by atoms with Gasteiger partial charge in [-0.05, 0) is 0 Å². The quantitative estimate of drug-likeness (QED) is 0.345. The fraction of sp³-hybridized carbons (Fsp3) is 0.579. The molecule has 0 spiro atoms. The van der Waals surface area contributed by atoms with Crippen molar-refractivity contribution in [2.24, 2.45) is 0 Å². The van der Waals surface area contributed by atoms with Gasteiger partial charge in [0.1, 0.15) is 0 Å². The van der Waals surface area contributed by atoms with Crippen molar-refractivity contribution < 1.29 is 65.2 Å². The maximum atomic E-state index is 6.03. The molecule has 0 aromatic rings. The molecule has 0 radical (unpaired) electrons. The molecule has 0 atom stereocenters. The first-order chi connectivity index (χ1) is 10.3. The molecule has 5 heteroatoms. The third-order valence-corrected chi connectivity index (χ3v) is 5.07. The Bertz CT molecular complexity index is 439. The van der Waals surface area contributed by atoms with Crippen molar-refractivity contribution in [1.82, 2.24) is 0 Å². The van der Waals surface area contributed by atoms with E-state index in [1.165, 1.54) is 74.8 Å². The molecule has 1 nitrogen and oxygen atoms in total. The van der Waals surface area contributed by atoms with Crippen LogP contribution in [0.15, 0.2) is 46.6 Å². The zero-order valence-electron chi connectivity index (χ0n) is 14.6. The molecular formula is C19H27Cl3OZr. The van der Waals surface area contributed by atoms with E-state index in [1.807, 2.05) is 0 Å². The predicted octanol–water partition coefficient (Wildman–Crippen LogP) is -3.26. The first kappa shape index (κ1) is 26.9. The van der Waals surface area contributed by atoms with Crippen LogP contribution in [0.25, 0.3) is 0 Å². The van der Waals surface area contributed by atoms with E-state index < -0.39 is 0 Å². The van der Waals surface area contributed by atoms with E-state index in [2.05, 4.69) is 38.2 Å². The molecule has 0 heterocycles. The molecule has 0 saturated heterocycles. The summed E-state index contributed by atoms with van der Waals surface area (Å²) >= 11 is 1.18. The second-order valence-corrected chi connectivity index (χ2v) is 6.60. The van der Waals surface area contributed by atoms with Crippen molar-refractivity contribution in [1.29, 1.82) is 0 Å². The second-order valence-electron chi connectivity index (χ2n) is 6.02. The molecule has 0 aromatic heterocycles. The molecule has 0 aliphatic heterocycles. The van der Waals surface area contributed by atoms with Crippen LogP contribution >= 0.6 is 0 Å². The summed E-state index contributed by atoms with van der Waals surface area (Å²) in [6.45, 7) is 4.53. The van der Waals surface area contributed by atoms with Crippen LogP contribution in [0.4, 0.5) is 0 Å². The van der Waals surface area contributed by atoms with Gasteiger partial charge in [-0.1, -0.05) is 0 Å². The van der Waals surface area contributed by atoms with Crippen molar-refractivity contribution in [3.63, 3.8) is 0 Å². The molecule has 0 fully saturated rings. The SMILES string of the molecule is CCCCC1=C(C([O][Zr+3])C2=C(CCCC)C=CC2)CC=C1.[Cl-].[Cl-].[Cl-]. The summed E-state index contributed by atoms with van der Waals surface area (Å²) in [4.78, 5) is 0. The molecule has 0 saturated carbocycles. The third kappa shape index (κ3) is 7.12. The Balaban J connectivity index is 0. The van der Waals surface area contributed by atoms with Crippen molar-refractivity contribution in [3.8, 4) is 0 Å². The van der Waals surface area contributed by atoms with Crippen molar-refractivity contribution in [3.05, 3.63) is 46.6 Å². The van der Waals surface area contributed by atoms with Crippen molar-refractivity contribution in [2.45, 2.75) is 71.3 Å². The van der Waals surface area contributed by atoms with E-state index in [9.17, 15) is 0 Å². The number of allylic oxidation sites excluding steroid dienone is 6. The maximum Gasteiger partial charge on any atom is -1.00 e. The van der Waals surface area contributed by atoms with E-state index in [-0.39, 0.29) is 43.3 Å². The molecule has 134 valence electrons. The predicted molar refractivity (Wildman–Crippen MR) is 85.5 cm³/mol. The fourth-order valence-corrected chi connectivity index (χ4v) is 3.96. The standard InChI is InChI=1S/C19H27O.3ClH.Zr/c1-3-5-9-15-11-7-13-17(15)19(20)18-14-8-12-16(18)10-6-4-2;;;;/h7-8,11-12,19H,3-6,9-10,13-14H2,1-2H3;3*1H;/q-1;;;;+4/p-3. The number of rotatable bonds is 9. The Labute approximate surface area is 182 Å². The van der Waals surface area contributed by atoms with Gasteiger partial charge in [-0.3, -0.25) is 0 Å². The van der Waals surface area contributed by atoms with Gasteiger partial charge in [-0.15, -0.1) is 0 Å². The van der Waals surface area contributed by atoms with Crippen molar-refractivity contribution in [2.75, 3.05) is 0 Å². The zero-order valence-corrected chi connectivity index (χ0v) is 19.3. The Morgan fingerprint density at radius 1 is 0.875 bits per heavy atom. The fourth-order valence-electron chi connectivity index (χ4n) is 3.26. The van der Waals surface area contributed by atoms with Gasteiger partial charge >= 0.3 is 146 Å². The van der Waals surface area contributed by atoms with Crippen LogP contribution < -0.4 is 37.2 Å². The minimum Gasteiger partial charge on any atom is -1.00 e. The van der Waals surface area contributed by atoms with E-state index in [0.717, 1.165) is 12.8 Å². The van der Waals surface area contributed by atoms with Gasteiger partial charge in [-0.25, -0.2) is 0 Å². The average molecular weight is 469 g/mol. The zero-order chi connectivity index (χ0) is 15.1. The Morgan fingerprint density at radius 2 is 1.29 bits per heavy atom. The smallest absolute Gasteiger partial charge is 1.00 e. The number of hydrogen-bond donors (Lipinski definition) is 0. The molecule has 2 aliphatic carbocycles. The average Bonchev–Trinajstić information content (AvgIpc) is 3.14. The van der Waals surface area contributed by atoms with Gasteiger partial charge in [0.25, 0.3) is 0 Å². The van der Waals surface area contributed by atoms with Crippen LogP contribution in [0.5, 0.6) is 0 Å². The van der Waals surface area contributed by atoms with Gasteiger partial charge in [0, 0.05) is 0 Å². The Morgan fingerprint density at radius 3 is 1.62 bits per heavy atom. The van der Waals surface area contributed by atoms with Crippen LogP contribution in [-0.2, 0) is 28.0 Å². The number of halogens is 3. The number of unbranched alkanes of at least 4 members (excludes halogenated alkanes) is 2. The molecule has 0 bridgehead atoms. The molecule has 2 rings (SSSR count). The van der Waals surface area contributed by atoms with Crippen molar-refractivity contribution >= 4 is 0 Å². The van der Waals surface area contributed by atoms with Gasteiger partial charge < -0.3 is 37.2 Å². The molecule has 0 N–H and O–H groups in total. The van der Waals surface area contributed by atoms with Crippen LogP contribution in [-0.4, -0.2) is 6.10 Å². The van der Waals surface area contributed by atoms with Gasteiger partial charge in [0.05, 0.1) is 0 Å². The maximum absolute atomic E-state index is 6.03. The summed E-state index contributed by atoms with van der Waals surface area (Å²) in [6.07, 6.45) is 19.2. The molecular weight excluding hydrogens is 442 g/mol. The third-order valence-electron chi connectivity index (χ3n) is 4.49. The minimum atomic E-state index is 0. The normalized spacial score (nSPS) is 15.7. The largest absolute Gasteiger partial charge is 1.00 e. The summed E-state index contributed by atoms with van der Waals surface area (Å²) < 4.78 is 6.03.